The van der Waals surface area contributed by atoms with E-state index < -0.39 is 13.8 Å². The number of halogens is 1. The van der Waals surface area contributed by atoms with E-state index in [0.717, 1.165) is 27.6 Å². The quantitative estimate of drug-likeness (QED) is 0.612. The van der Waals surface area contributed by atoms with Gasteiger partial charge in [-0.15, -0.1) is 0 Å². The molecule has 1 aromatic carbocycles. The van der Waals surface area contributed by atoms with Crippen molar-refractivity contribution in [2.45, 2.75) is 12.8 Å². The Morgan fingerprint density at radius 1 is 1.36 bits per heavy atom. The van der Waals surface area contributed by atoms with E-state index in [4.69, 9.17) is 11.6 Å². The molecule has 2 nitrogen and oxygen atoms in total. The van der Waals surface area contributed by atoms with Crippen molar-refractivity contribution in [3.8, 4) is 0 Å². The molecule has 2 rings (SSSR count). The van der Waals surface area contributed by atoms with Crippen molar-refractivity contribution in [2.75, 3.05) is 5.88 Å². The van der Waals surface area contributed by atoms with Crippen LogP contribution in [-0.2, 0) is 3.83 Å². The Labute approximate surface area is 92.1 Å². The maximum absolute atomic E-state index is 11.9. The number of rotatable bonds is 3. The van der Waals surface area contributed by atoms with Crippen molar-refractivity contribution in [3.63, 3.8) is 0 Å². The number of fused-ring (bicyclic) bond motifs is 1. The van der Waals surface area contributed by atoms with Crippen LogP contribution in [0.15, 0.2) is 29.3 Å². The first-order valence-electron chi connectivity index (χ1n) is 4.47. The first-order chi connectivity index (χ1) is 6.83. The van der Waals surface area contributed by atoms with Gasteiger partial charge in [-0.2, -0.15) is 0 Å². The molecule has 0 radical (unpaired) electrons. The molecule has 14 heavy (non-hydrogen) atoms. The van der Waals surface area contributed by atoms with Crippen LogP contribution in [0.25, 0.3) is 0 Å². The number of alkyl halides is 1. The summed E-state index contributed by atoms with van der Waals surface area (Å²) in [6.07, 6.45) is 1.63. The van der Waals surface area contributed by atoms with E-state index >= 15 is 0 Å². The summed E-state index contributed by atoms with van der Waals surface area (Å²) in [5.74, 6) is 0.605. The zero-order valence-electron chi connectivity index (χ0n) is 7.57. The van der Waals surface area contributed by atoms with E-state index in [-0.39, 0.29) is 0 Å². The monoisotopic (exact) mass is 275 g/mol. The average Bonchev–Trinajstić information content (AvgIpc) is 2.54. The summed E-state index contributed by atoms with van der Waals surface area (Å²) in [4.78, 5) is 4.37. The van der Waals surface area contributed by atoms with Crippen molar-refractivity contribution in [2.24, 2.45) is 4.99 Å². The summed E-state index contributed by atoms with van der Waals surface area (Å²) in [6.45, 7) is 0. The molecule has 4 heteroatoms. The van der Waals surface area contributed by atoms with Gasteiger partial charge in [-0.3, -0.25) is 0 Å². The number of hydrogen-bond donors (Lipinski definition) is 0. The zero-order chi connectivity index (χ0) is 9.97. The van der Waals surface area contributed by atoms with Crippen LogP contribution in [0.3, 0.4) is 0 Å². The fourth-order valence-electron chi connectivity index (χ4n) is 1.38. The Morgan fingerprint density at radius 3 is 2.86 bits per heavy atom. The van der Waals surface area contributed by atoms with Crippen LogP contribution < -0.4 is 4.46 Å². The first-order valence-corrected chi connectivity index (χ1v) is 7.42. The number of hydrogen-bond acceptors (Lipinski definition) is 2. The predicted molar refractivity (Wildman–Crippen MR) is 59.6 cm³/mol. The molecule has 1 heterocycles. The number of benzene rings is 1. The van der Waals surface area contributed by atoms with Crippen molar-refractivity contribution in [1.82, 2.24) is 0 Å². The normalized spacial score (nSPS) is 19.2. The standard InChI is InChI=1S/C10H10ClNOSe/c11-7-3-6-10-12-8-4-1-2-5-9(8)14(10)13/h1-2,4-5H,3,6-7H2. The number of nitrogens with zero attached hydrogens (tertiary/aromatic N) is 1. The fourth-order valence-corrected chi connectivity index (χ4v) is 4.18. The summed E-state index contributed by atoms with van der Waals surface area (Å²) >= 11 is 3.58. The minimum absolute atomic E-state index is 0.605. The summed E-state index contributed by atoms with van der Waals surface area (Å²) in [6, 6.07) is 7.65. The maximum atomic E-state index is 11.9. The van der Waals surface area contributed by atoms with Gasteiger partial charge < -0.3 is 0 Å². The Morgan fingerprint density at radius 2 is 2.14 bits per heavy atom. The Bertz CT molecular complexity index is 403. The molecule has 1 aliphatic heterocycles. The fraction of sp³-hybridized carbons (Fsp3) is 0.300. The van der Waals surface area contributed by atoms with Crippen LogP contribution in [0, 0.1) is 0 Å². The van der Waals surface area contributed by atoms with Gasteiger partial charge in [0.1, 0.15) is 0 Å². The molecule has 1 aromatic rings. The molecular formula is C10H10ClNOSe. The molecular weight excluding hydrogens is 265 g/mol. The van der Waals surface area contributed by atoms with Gasteiger partial charge in [-0.1, -0.05) is 0 Å². The van der Waals surface area contributed by atoms with Crippen molar-refractivity contribution in [3.05, 3.63) is 24.3 Å². The SMILES string of the molecule is O=[Se]1C(CCCCl)=Nc2ccccc21. The van der Waals surface area contributed by atoms with Gasteiger partial charge in [-0.25, -0.2) is 0 Å². The molecule has 0 saturated carbocycles. The molecule has 0 bridgehead atoms. The van der Waals surface area contributed by atoms with Gasteiger partial charge in [0.15, 0.2) is 0 Å². The molecule has 1 aliphatic rings. The number of aliphatic imine (C=N–C) groups is 1. The van der Waals surface area contributed by atoms with E-state index in [0.29, 0.717) is 5.88 Å². The molecule has 0 N–H and O–H groups in total. The summed E-state index contributed by atoms with van der Waals surface area (Å²) in [7, 11) is 0. The van der Waals surface area contributed by atoms with E-state index in [1.807, 2.05) is 24.3 Å². The van der Waals surface area contributed by atoms with Gasteiger partial charge in [0.05, 0.1) is 0 Å². The Kier molecular flexibility index (Phi) is 3.12. The van der Waals surface area contributed by atoms with E-state index in [1.165, 1.54) is 0 Å². The van der Waals surface area contributed by atoms with Gasteiger partial charge >= 0.3 is 92.0 Å². The van der Waals surface area contributed by atoms with Crippen molar-refractivity contribution >= 4 is 40.2 Å². The van der Waals surface area contributed by atoms with E-state index in [2.05, 4.69) is 4.99 Å². The predicted octanol–water partition coefficient (Wildman–Crippen LogP) is 1.96. The molecule has 0 spiro atoms. The van der Waals surface area contributed by atoms with Crippen LogP contribution in [-0.4, -0.2) is 24.3 Å². The topological polar surface area (TPSA) is 29.4 Å². The first kappa shape index (κ1) is 10.0. The van der Waals surface area contributed by atoms with Gasteiger partial charge in [0, 0.05) is 0 Å². The van der Waals surface area contributed by atoms with Crippen LogP contribution >= 0.6 is 11.6 Å². The molecule has 0 fully saturated rings. The number of para-hydroxylation sites is 1. The molecule has 0 aliphatic carbocycles. The third kappa shape index (κ3) is 1.81. The van der Waals surface area contributed by atoms with Crippen LogP contribution in [0.4, 0.5) is 5.69 Å². The minimum atomic E-state index is -2.01. The van der Waals surface area contributed by atoms with Crippen LogP contribution in [0.2, 0.25) is 0 Å². The molecule has 0 aromatic heterocycles. The van der Waals surface area contributed by atoms with Gasteiger partial charge in [0.2, 0.25) is 0 Å². The second-order valence-electron chi connectivity index (χ2n) is 3.03. The summed E-state index contributed by atoms with van der Waals surface area (Å²) in [5, 5.41) is 0. The molecule has 0 saturated heterocycles. The van der Waals surface area contributed by atoms with Gasteiger partial charge in [-0.05, 0) is 0 Å². The second-order valence-corrected chi connectivity index (χ2v) is 6.45. The van der Waals surface area contributed by atoms with E-state index in [1.54, 1.807) is 0 Å². The third-order valence-electron chi connectivity index (χ3n) is 2.05. The molecule has 0 amide bonds. The Balaban J connectivity index is 2.24. The van der Waals surface area contributed by atoms with Crippen LogP contribution in [0.1, 0.15) is 12.8 Å². The average molecular weight is 275 g/mol. The third-order valence-corrected chi connectivity index (χ3v) is 5.40. The molecule has 74 valence electrons. The summed E-state index contributed by atoms with van der Waals surface area (Å²) in [5.41, 5.74) is 0.886. The van der Waals surface area contributed by atoms with Crippen molar-refractivity contribution in [1.29, 1.82) is 0 Å². The zero-order valence-corrected chi connectivity index (χ0v) is 10.0. The van der Waals surface area contributed by atoms with Gasteiger partial charge in [0.25, 0.3) is 0 Å². The van der Waals surface area contributed by atoms with E-state index in [9.17, 15) is 3.83 Å². The Hall–Kier alpha value is -0.501. The second kappa shape index (κ2) is 4.35. The summed E-state index contributed by atoms with van der Waals surface area (Å²) < 4.78 is 13.7. The molecule has 1 atom stereocenters. The van der Waals surface area contributed by atoms with Crippen molar-refractivity contribution < 1.29 is 3.83 Å². The molecule has 1 unspecified atom stereocenters. The van der Waals surface area contributed by atoms with Crippen LogP contribution in [0.5, 0.6) is 0 Å².